The van der Waals surface area contributed by atoms with E-state index in [-0.39, 0.29) is 17.3 Å². The number of aryl methyl sites for hydroxylation is 1. The van der Waals surface area contributed by atoms with E-state index in [4.69, 9.17) is 0 Å². The summed E-state index contributed by atoms with van der Waals surface area (Å²) in [5.74, 6) is -3.31. The van der Waals surface area contributed by atoms with E-state index in [1.807, 2.05) is 0 Å². The van der Waals surface area contributed by atoms with Gasteiger partial charge in [0.05, 0.1) is 18.1 Å². The normalized spacial score (nSPS) is 14.0. The lowest BCUT2D eigenvalue weighted by atomic mass is 10.1. The highest BCUT2D eigenvalue weighted by molar-refractivity contribution is 6.04. The first-order chi connectivity index (χ1) is 13.7. The molecule has 1 N–H and O–H groups in total. The molecule has 0 unspecified atom stereocenters. The molecule has 0 saturated heterocycles. The largest absolute Gasteiger partial charge is 0.586 e. The van der Waals surface area contributed by atoms with Crippen LogP contribution in [0.4, 0.5) is 23.4 Å². The highest BCUT2D eigenvalue weighted by Crippen LogP contribution is 2.45. The van der Waals surface area contributed by atoms with Gasteiger partial charge in [-0.3, -0.25) is 9.78 Å². The van der Waals surface area contributed by atoms with Crippen molar-refractivity contribution in [2.24, 2.45) is 0 Å². The number of hydrogen-bond acceptors (Lipinski definition) is 5. The monoisotopic (exact) mass is 405 g/mol. The van der Waals surface area contributed by atoms with Gasteiger partial charge in [0.1, 0.15) is 17.2 Å². The SMILES string of the molecule is Cc1cc(-c2cnc(NC(=O)c3c(F)cccc3F)cn2)cc2c1OC(F)(F)O2. The van der Waals surface area contributed by atoms with Crippen LogP contribution in [0.1, 0.15) is 15.9 Å². The molecule has 1 aliphatic rings. The molecule has 10 heteroatoms. The zero-order chi connectivity index (χ0) is 20.8. The molecule has 1 aliphatic heterocycles. The third-order valence-corrected chi connectivity index (χ3v) is 4.07. The van der Waals surface area contributed by atoms with Crippen molar-refractivity contribution in [3.63, 3.8) is 0 Å². The molecule has 29 heavy (non-hydrogen) atoms. The van der Waals surface area contributed by atoms with E-state index in [2.05, 4.69) is 24.8 Å². The summed E-state index contributed by atoms with van der Waals surface area (Å²) in [5, 5.41) is 2.25. The third-order valence-electron chi connectivity index (χ3n) is 4.07. The van der Waals surface area contributed by atoms with Gasteiger partial charge in [-0.25, -0.2) is 13.8 Å². The van der Waals surface area contributed by atoms with Crippen LogP contribution in [-0.2, 0) is 0 Å². The number of ether oxygens (including phenoxy) is 2. The summed E-state index contributed by atoms with van der Waals surface area (Å²) < 4.78 is 62.8. The van der Waals surface area contributed by atoms with Crippen LogP contribution in [0.5, 0.6) is 11.5 Å². The number of amides is 1. The van der Waals surface area contributed by atoms with Crippen LogP contribution in [0.3, 0.4) is 0 Å². The van der Waals surface area contributed by atoms with Crippen LogP contribution in [-0.4, -0.2) is 22.2 Å². The number of rotatable bonds is 3. The van der Waals surface area contributed by atoms with Gasteiger partial charge in [0.2, 0.25) is 0 Å². The molecule has 0 saturated carbocycles. The van der Waals surface area contributed by atoms with Gasteiger partial charge >= 0.3 is 6.29 Å². The summed E-state index contributed by atoms with van der Waals surface area (Å²) in [6, 6.07) is 5.93. The Morgan fingerprint density at radius 2 is 1.79 bits per heavy atom. The van der Waals surface area contributed by atoms with Gasteiger partial charge in [0.15, 0.2) is 17.3 Å². The average molecular weight is 405 g/mol. The minimum Gasteiger partial charge on any atom is -0.395 e. The Morgan fingerprint density at radius 1 is 1.07 bits per heavy atom. The lowest BCUT2D eigenvalue weighted by molar-refractivity contribution is -0.286. The highest BCUT2D eigenvalue weighted by Gasteiger charge is 2.44. The molecular formula is C19H11F4N3O3. The van der Waals surface area contributed by atoms with Crippen LogP contribution in [0.25, 0.3) is 11.3 Å². The maximum atomic E-state index is 13.7. The fourth-order valence-corrected chi connectivity index (χ4v) is 2.80. The number of anilines is 1. The molecule has 0 fully saturated rings. The van der Waals surface area contributed by atoms with Gasteiger partial charge in [0.25, 0.3) is 5.91 Å². The van der Waals surface area contributed by atoms with Crippen LogP contribution >= 0.6 is 0 Å². The van der Waals surface area contributed by atoms with Gasteiger partial charge in [0, 0.05) is 5.56 Å². The molecule has 148 valence electrons. The minimum absolute atomic E-state index is 0.0506. The maximum Gasteiger partial charge on any atom is 0.586 e. The number of alkyl halides is 2. The number of carbonyl (C=O) groups is 1. The standard InChI is InChI=1S/C19H11F4N3O3/c1-9-5-10(6-14-17(9)29-19(22,23)28-14)13-7-25-15(8-24-13)26-18(27)16-11(20)3-2-4-12(16)21/h2-8H,1H3,(H,25,26,27). The van der Waals surface area contributed by atoms with Crippen molar-refractivity contribution >= 4 is 11.7 Å². The van der Waals surface area contributed by atoms with E-state index in [0.29, 0.717) is 16.8 Å². The fraction of sp³-hybridized carbons (Fsp3) is 0.105. The topological polar surface area (TPSA) is 73.3 Å². The second-order valence-corrected chi connectivity index (χ2v) is 6.13. The molecule has 1 aromatic heterocycles. The number of benzene rings is 2. The molecule has 0 atom stereocenters. The van der Waals surface area contributed by atoms with Crippen LogP contribution < -0.4 is 14.8 Å². The molecule has 3 aromatic rings. The van der Waals surface area contributed by atoms with Crippen LogP contribution in [0.2, 0.25) is 0 Å². The first kappa shape index (κ1) is 18.7. The Balaban J connectivity index is 1.56. The van der Waals surface area contributed by atoms with E-state index in [1.54, 1.807) is 13.0 Å². The Bertz CT molecular complexity index is 1100. The summed E-state index contributed by atoms with van der Waals surface area (Å²) in [7, 11) is 0. The number of hydrogen-bond donors (Lipinski definition) is 1. The van der Waals surface area contributed by atoms with Gasteiger partial charge < -0.3 is 14.8 Å². The second kappa shape index (κ2) is 6.73. The molecular weight excluding hydrogens is 394 g/mol. The van der Waals surface area contributed by atoms with Crippen molar-refractivity contribution < 1.29 is 31.8 Å². The second-order valence-electron chi connectivity index (χ2n) is 6.13. The molecule has 0 aliphatic carbocycles. The van der Waals surface area contributed by atoms with Gasteiger partial charge in [-0.2, -0.15) is 0 Å². The van der Waals surface area contributed by atoms with Crippen molar-refractivity contribution in [2.45, 2.75) is 13.2 Å². The Hall–Kier alpha value is -3.69. The molecule has 2 heterocycles. The van der Waals surface area contributed by atoms with Crippen LogP contribution in [0.15, 0.2) is 42.7 Å². The summed E-state index contributed by atoms with van der Waals surface area (Å²) in [5.41, 5.74) is 0.382. The Labute approximate surface area is 161 Å². The number of halogens is 4. The van der Waals surface area contributed by atoms with E-state index >= 15 is 0 Å². The molecule has 4 rings (SSSR count). The zero-order valence-corrected chi connectivity index (χ0v) is 14.7. The van der Waals surface area contributed by atoms with Gasteiger partial charge in [-0.1, -0.05) is 6.07 Å². The van der Waals surface area contributed by atoms with Gasteiger partial charge in [-0.05, 0) is 36.8 Å². The molecule has 0 bridgehead atoms. The van der Waals surface area contributed by atoms with Crippen molar-refractivity contribution in [3.05, 3.63) is 65.5 Å². The maximum absolute atomic E-state index is 13.7. The number of nitrogens with one attached hydrogen (secondary N) is 1. The first-order valence-electron chi connectivity index (χ1n) is 8.22. The smallest absolute Gasteiger partial charge is 0.395 e. The Kier molecular flexibility index (Phi) is 4.33. The number of fused-ring (bicyclic) bond motifs is 1. The summed E-state index contributed by atoms with van der Waals surface area (Å²) in [6.45, 7) is 1.57. The fourth-order valence-electron chi connectivity index (χ4n) is 2.80. The lowest BCUT2D eigenvalue weighted by Crippen LogP contribution is -2.26. The highest BCUT2D eigenvalue weighted by atomic mass is 19.3. The minimum atomic E-state index is -3.74. The quantitative estimate of drug-likeness (QED) is 0.658. The predicted octanol–water partition coefficient (Wildman–Crippen LogP) is 4.30. The van der Waals surface area contributed by atoms with E-state index < -0.39 is 29.4 Å². The lowest BCUT2D eigenvalue weighted by Gasteiger charge is -2.08. The van der Waals surface area contributed by atoms with E-state index in [1.165, 1.54) is 18.5 Å². The molecule has 2 aromatic carbocycles. The summed E-state index contributed by atoms with van der Waals surface area (Å²) in [4.78, 5) is 20.2. The van der Waals surface area contributed by atoms with E-state index in [9.17, 15) is 22.4 Å². The summed E-state index contributed by atoms with van der Waals surface area (Å²) in [6.07, 6.45) is -1.31. The molecule has 1 amide bonds. The van der Waals surface area contributed by atoms with Crippen molar-refractivity contribution in [2.75, 3.05) is 5.32 Å². The number of aromatic nitrogens is 2. The van der Waals surface area contributed by atoms with Crippen molar-refractivity contribution in [1.29, 1.82) is 0 Å². The van der Waals surface area contributed by atoms with Gasteiger partial charge in [-0.15, -0.1) is 8.78 Å². The third kappa shape index (κ3) is 3.56. The first-order valence-corrected chi connectivity index (χ1v) is 8.22. The Morgan fingerprint density at radius 3 is 2.45 bits per heavy atom. The van der Waals surface area contributed by atoms with Crippen LogP contribution in [0, 0.1) is 18.6 Å². The zero-order valence-electron chi connectivity index (χ0n) is 14.7. The van der Waals surface area contributed by atoms with Crippen molar-refractivity contribution in [3.8, 4) is 22.8 Å². The predicted molar refractivity (Wildman–Crippen MR) is 92.7 cm³/mol. The molecule has 0 radical (unpaired) electrons. The summed E-state index contributed by atoms with van der Waals surface area (Å²) >= 11 is 0. The van der Waals surface area contributed by atoms with Crippen molar-refractivity contribution in [1.82, 2.24) is 9.97 Å². The van der Waals surface area contributed by atoms with E-state index in [0.717, 1.165) is 18.2 Å². The molecule has 0 spiro atoms. The average Bonchev–Trinajstić information content (AvgIpc) is 2.97. The molecule has 6 nitrogen and oxygen atoms in total. The number of carbonyl (C=O) groups excluding carboxylic acids is 1. The number of nitrogens with zero attached hydrogens (tertiary/aromatic N) is 2.